The van der Waals surface area contributed by atoms with Crippen molar-refractivity contribution in [2.45, 2.75) is 6.18 Å². The smallest absolute Gasteiger partial charge is 0.438 e. The first-order chi connectivity index (χ1) is 13.8. The number of ketones is 1. The van der Waals surface area contributed by atoms with Crippen LogP contribution in [0.5, 0.6) is 11.6 Å². The molecule has 0 saturated carbocycles. The number of nitrogens with zero attached hydrogens (tertiary/aromatic N) is 4. The molecule has 4 aromatic rings. The topological polar surface area (TPSA) is 69.4 Å². The minimum atomic E-state index is -4.70. The molecular weight excluding hydrogens is 409 g/mol. The molecule has 0 radical (unpaired) electrons. The highest BCUT2D eigenvalue weighted by atomic mass is 35.5. The van der Waals surface area contributed by atoms with Gasteiger partial charge in [0, 0.05) is 22.2 Å². The van der Waals surface area contributed by atoms with Crippen molar-refractivity contribution in [3.8, 4) is 11.6 Å². The van der Waals surface area contributed by atoms with E-state index in [0.29, 0.717) is 26.4 Å². The molecule has 4 rings (SSSR count). The van der Waals surface area contributed by atoms with Gasteiger partial charge in [-0.1, -0.05) is 11.6 Å². The minimum absolute atomic E-state index is 0.0615. The van der Waals surface area contributed by atoms with Gasteiger partial charge in [-0.3, -0.25) is 4.79 Å². The molecule has 2 aromatic carbocycles. The number of alkyl halides is 3. The van der Waals surface area contributed by atoms with Crippen LogP contribution in [0.15, 0.2) is 60.7 Å². The second-order valence-electron chi connectivity index (χ2n) is 5.93. The zero-order valence-corrected chi connectivity index (χ0v) is 15.1. The number of hydrogen-bond acceptors (Lipinski definition) is 5. The van der Waals surface area contributed by atoms with Crippen LogP contribution in [-0.4, -0.2) is 25.6 Å². The van der Waals surface area contributed by atoms with E-state index in [2.05, 4.69) is 15.3 Å². The van der Waals surface area contributed by atoms with Crippen molar-refractivity contribution in [3.05, 3.63) is 82.6 Å². The molecule has 0 amide bonds. The third-order valence-corrected chi connectivity index (χ3v) is 4.19. The maximum atomic E-state index is 12.9. The van der Waals surface area contributed by atoms with Crippen LogP contribution >= 0.6 is 11.6 Å². The summed E-state index contributed by atoms with van der Waals surface area (Å²) >= 11 is 5.82. The molecule has 6 nitrogen and oxygen atoms in total. The van der Waals surface area contributed by atoms with Crippen molar-refractivity contribution in [1.82, 2.24) is 19.8 Å². The lowest BCUT2D eigenvalue weighted by atomic mass is 10.0. The second kappa shape index (κ2) is 7.17. The maximum Gasteiger partial charge on any atom is 0.453 e. The fourth-order valence-corrected chi connectivity index (χ4v) is 2.69. The van der Waals surface area contributed by atoms with E-state index in [-0.39, 0.29) is 17.3 Å². The van der Waals surface area contributed by atoms with E-state index in [0.717, 1.165) is 0 Å². The Hall–Kier alpha value is -3.46. The van der Waals surface area contributed by atoms with Crippen LogP contribution < -0.4 is 4.74 Å². The summed E-state index contributed by atoms with van der Waals surface area (Å²) in [6.45, 7) is 0. The molecule has 0 unspecified atom stereocenters. The molecule has 146 valence electrons. The Morgan fingerprint density at radius 3 is 2.14 bits per heavy atom. The van der Waals surface area contributed by atoms with E-state index < -0.39 is 12.0 Å². The quantitative estimate of drug-likeness (QED) is 0.444. The molecule has 10 heteroatoms. The van der Waals surface area contributed by atoms with Gasteiger partial charge in [0.2, 0.25) is 5.88 Å². The predicted octanol–water partition coefficient (Wildman–Crippen LogP) is 4.82. The molecule has 0 atom stereocenters. The van der Waals surface area contributed by atoms with Crippen LogP contribution in [0.3, 0.4) is 0 Å². The normalized spacial score (nSPS) is 11.6. The summed E-state index contributed by atoms with van der Waals surface area (Å²) in [5, 5.41) is 10.8. The Labute approximate surface area is 166 Å². The average molecular weight is 419 g/mol. The number of benzene rings is 2. The summed E-state index contributed by atoms with van der Waals surface area (Å²) < 4.78 is 44.9. The Morgan fingerprint density at radius 1 is 0.897 bits per heavy atom. The first kappa shape index (κ1) is 18.9. The number of rotatable bonds is 4. The lowest BCUT2D eigenvalue weighted by Crippen LogP contribution is -2.12. The maximum absolute atomic E-state index is 12.9. The third-order valence-electron chi connectivity index (χ3n) is 3.94. The zero-order chi connectivity index (χ0) is 20.6. The van der Waals surface area contributed by atoms with Crippen LogP contribution in [0, 0.1) is 0 Å². The average Bonchev–Trinajstić information content (AvgIpc) is 3.12. The van der Waals surface area contributed by atoms with E-state index in [4.69, 9.17) is 16.3 Å². The number of carbonyl (C=O) groups excluding carboxylic acids is 1. The fourth-order valence-electron chi connectivity index (χ4n) is 2.57. The monoisotopic (exact) mass is 418 g/mol. The van der Waals surface area contributed by atoms with E-state index in [1.165, 1.54) is 24.3 Å². The SMILES string of the molecule is O=C(c1ccc(Cl)cc1)c1ccc(Oc2ccc3nnc(C(F)(F)F)n3n2)cc1. The Balaban J connectivity index is 1.56. The largest absolute Gasteiger partial charge is 0.453 e. The first-order valence-corrected chi connectivity index (χ1v) is 8.57. The summed E-state index contributed by atoms with van der Waals surface area (Å²) in [5.74, 6) is -1.24. The van der Waals surface area contributed by atoms with Gasteiger partial charge in [-0.05, 0) is 54.6 Å². The van der Waals surface area contributed by atoms with Crippen molar-refractivity contribution >= 4 is 23.0 Å². The fraction of sp³-hybridized carbons (Fsp3) is 0.0526. The minimum Gasteiger partial charge on any atom is -0.438 e. The van der Waals surface area contributed by atoms with E-state index in [1.807, 2.05) is 0 Å². The standard InChI is InChI=1S/C19H10ClF3N4O2/c20-13-5-1-11(2-6-13)17(28)12-3-7-14(8-4-12)29-16-10-9-15-24-25-18(19(21,22)23)27(15)26-16/h1-10H. The van der Waals surface area contributed by atoms with Gasteiger partial charge in [-0.15, -0.1) is 15.3 Å². The van der Waals surface area contributed by atoms with Crippen molar-refractivity contribution in [2.24, 2.45) is 0 Å². The van der Waals surface area contributed by atoms with Gasteiger partial charge in [-0.25, -0.2) is 0 Å². The highest BCUT2D eigenvalue weighted by Gasteiger charge is 2.37. The van der Waals surface area contributed by atoms with Gasteiger partial charge >= 0.3 is 6.18 Å². The van der Waals surface area contributed by atoms with Crippen molar-refractivity contribution < 1.29 is 22.7 Å². The number of fused-ring (bicyclic) bond motifs is 1. The molecule has 0 N–H and O–H groups in total. The summed E-state index contributed by atoms with van der Waals surface area (Å²) in [7, 11) is 0. The molecule has 0 aliphatic heterocycles. The molecule has 0 saturated heterocycles. The van der Waals surface area contributed by atoms with Crippen molar-refractivity contribution in [2.75, 3.05) is 0 Å². The summed E-state index contributed by atoms with van der Waals surface area (Å²) in [6, 6.07) is 15.3. The molecule has 0 aliphatic rings. The first-order valence-electron chi connectivity index (χ1n) is 8.19. The molecule has 0 bridgehead atoms. The summed E-state index contributed by atoms with van der Waals surface area (Å²) in [4.78, 5) is 12.5. The van der Waals surface area contributed by atoms with Crippen LogP contribution in [0.1, 0.15) is 21.7 Å². The van der Waals surface area contributed by atoms with Crippen molar-refractivity contribution in [1.29, 1.82) is 0 Å². The third kappa shape index (κ3) is 3.90. The number of hydrogen-bond donors (Lipinski definition) is 0. The highest BCUT2D eigenvalue weighted by Crippen LogP contribution is 2.28. The van der Waals surface area contributed by atoms with Gasteiger partial charge in [0.25, 0.3) is 5.82 Å². The molecule has 0 aliphatic carbocycles. The second-order valence-corrected chi connectivity index (χ2v) is 6.36. The van der Waals surface area contributed by atoms with E-state index in [9.17, 15) is 18.0 Å². The molecule has 2 aromatic heterocycles. The van der Waals surface area contributed by atoms with Gasteiger partial charge in [0.05, 0.1) is 0 Å². The molecule has 29 heavy (non-hydrogen) atoms. The van der Waals surface area contributed by atoms with Crippen LogP contribution in [0.2, 0.25) is 5.02 Å². The number of aromatic nitrogens is 4. The summed E-state index contributed by atoms with van der Waals surface area (Å²) in [6.07, 6.45) is -4.70. The van der Waals surface area contributed by atoms with E-state index >= 15 is 0 Å². The van der Waals surface area contributed by atoms with Crippen LogP contribution in [0.25, 0.3) is 5.65 Å². The number of halogens is 4. The van der Waals surface area contributed by atoms with Crippen molar-refractivity contribution in [3.63, 3.8) is 0 Å². The molecular formula is C19H10ClF3N4O2. The highest BCUT2D eigenvalue weighted by molar-refractivity contribution is 6.30. The number of carbonyl (C=O) groups is 1. The predicted molar refractivity (Wildman–Crippen MR) is 97.2 cm³/mol. The van der Waals surface area contributed by atoms with Gasteiger partial charge in [-0.2, -0.15) is 17.7 Å². The number of ether oxygens (including phenoxy) is 1. The lowest BCUT2D eigenvalue weighted by molar-refractivity contribution is -0.146. The molecule has 0 spiro atoms. The van der Waals surface area contributed by atoms with Gasteiger partial charge in [0.15, 0.2) is 11.4 Å². The van der Waals surface area contributed by atoms with Gasteiger partial charge in [0.1, 0.15) is 5.75 Å². The Bertz CT molecular complexity index is 1190. The van der Waals surface area contributed by atoms with Crippen LogP contribution in [-0.2, 0) is 6.18 Å². The van der Waals surface area contributed by atoms with Gasteiger partial charge < -0.3 is 4.74 Å². The van der Waals surface area contributed by atoms with E-state index in [1.54, 1.807) is 36.4 Å². The van der Waals surface area contributed by atoms with Crippen LogP contribution in [0.4, 0.5) is 13.2 Å². The summed E-state index contributed by atoms with van der Waals surface area (Å²) in [5.41, 5.74) is 0.831. The zero-order valence-electron chi connectivity index (χ0n) is 14.4. The molecule has 2 heterocycles. The molecule has 0 fully saturated rings. The lowest BCUT2D eigenvalue weighted by Gasteiger charge is -2.07. The Morgan fingerprint density at radius 2 is 1.52 bits per heavy atom. The Kier molecular flexibility index (Phi) is 4.67.